The van der Waals surface area contributed by atoms with Crippen LogP contribution in [-0.2, 0) is 10.9 Å². The van der Waals surface area contributed by atoms with E-state index in [4.69, 9.17) is 11.6 Å². The van der Waals surface area contributed by atoms with Crippen molar-refractivity contribution >= 4 is 17.6 Å². The van der Waals surface area contributed by atoms with E-state index in [0.717, 1.165) is 6.20 Å². The monoisotopic (exact) mass is 318 g/mol. The molecule has 0 unspecified atom stereocenters. The number of aromatic nitrogens is 2. The Balaban J connectivity index is 2.57. The molecule has 2 aromatic rings. The highest BCUT2D eigenvalue weighted by Gasteiger charge is 2.41. The Labute approximate surface area is 123 Å². The van der Waals surface area contributed by atoms with Crippen LogP contribution in [0.2, 0.25) is 5.02 Å². The lowest BCUT2D eigenvalue weighted by Gasteiger charge is -2.12. The number of esters is 1. The van der Waals surface area contributed by atoms with E-state index in [-0.39, 0.29) is 12.3 Å². The molecule has 21 heavy (non-hydrogen) atoms. The fourth-order valence-corrected chi connectivity index (χ4v) is 1.88. The maximum Gasteiger partial charge on any atom is 0.434 e. The second kappa shape index (κ2) is 5.77. The van der Waals surface area contributed by atoms with Crippen LogP contribution in [0.4, 0.5) is 13.2 Å². The lowest BCUT2D eigenvalue weighted by atomic mass is 10.2. The SMILES string of the molecule is CCOC(=O)c1cnn(-c2ccc(Cl)cc2)c1C(F)(F)F. The van der Waals surface area contributed by atoms with E-state index < -0.39 is 23.4 Å². The molecular weight excluding hydrogens is 309 g/mol. The normalized spacial score (nSPS) is 11.5. The van der Waals surface area contributed by atoms with Crippen molar-refractivity contribution in [1.82, 2.24) is 9.78 Å². The van der Waals surface area contributed by atoms with Gasteiger partial charge >= 0.3 is 12.1 Å². The van der Waals surface area contributed by atoms with Crippen molar-refractivity contribution in [3.8, 4) is 5.69 Å². The zero-order chi connectivity index (χ0) is 15.6. The predicted molar refractivity (Wildman–Crippen MR) is 69.5 cm³/mol. The summed E-state index contributed by atoms with van der Waals surface area (Å²) in [6, 6.07) is 5.62. The molecule has 0 aliphatic carbocycles. The summed E-state index contributed by atoms with van der Waals surface area (Å²) in [4.78, 5) is 11.6. The fraction of sp³-hybridized carbons (Fsp3) is 0.231. The first-order chi connectivity index (χ1) is 9.84. The number of hydrogen-bond acceptors (Lipinski definition) is 3. The molecule has 0 N–H and O–H groups in total. The zero-order valence-electron chi connectivity index (χ0n) is 10.8. The highest BCUT2D eigenvalue weighted by Crippen LogP contribution is 2.34. The highest BCUT2D eigenvalue weighted by atomic mass is 35.5. The second-order valence-corrected chi connectivity index (χ2v) is 4.45. The second-order valence-electron chi connectivity index (χ2n) is 4.01. The van der Waals surface area contributed by atoms with Gasteiger partial charge in [0.15, 0.2) is 5.69 Å². The Kier molecular flexibility index (Phi) is 4.22. The summed E-state index contributed by atoms with van der Waals surface area (Å²) in [5.74, 6) is -1.06. The van der Waals surface area contributed by atoms with Gasteiger partial charge in [-0.3, -0.25) is 0 Å². The molecule has 0 bridgehead atoms. The van der Waals surface area contributed by atoms with Crippen molar-refractivity contribution in [2.24, 2.45) is 0 Å². The van der Waals surface area contributed by atoms with Crippen molar-refractivity contribution in [3.05, 3.63) is 46.7 Å². The highest BCUT2D eigenvalue weighted by molar-refractivity contribution is 6.30. The van der Waals surface area contributed by atoms with E-state index in [1.807, 2.05) is 0 Å². The molecule has 0 atom stereocenters. The number of hydrogen-bond donors (Lipinski definition) is 0. The summed E-state index contributed by atoms with van der Waals surface area (Å²) in [5.41, 5.74) is -1.66. The largest absolute Gasteiger partial charge is 0.462 e. The third-order valence-electron chi connectivity index (χ3n) is 2.60. The van der Waals surface area contributed by atoms with Crippen LogP contribution in [0.1, 0.15) is 23.0 Å². The Morgan fingerprint density at radius 3 is 2.48 bits per heavy atom. The van der Waals surface area contributed by atoms with E-state index in [9.17, 15) is 18.0 Å². The number of halogens is 4. The van der Waals surface area contributed by atoms with Crippen LogP contribution in [0, 0.1) is 0 Å². The first-order valence-electron chi connectivity index (χ1n) is 5.93. The van der Waals surface area contributed by atoms with Crippen molar-refractivity contribution in [1.29, 1.82) is 0 Å². The molecule has 2 rings (SSSR count). The average Bonchev–Trinajstić information content (AvgIpc) is 2.84. The minimum Gasteiger partial charge on any atom is -0.462 e. The number of carbonyl (C=O) groups is 1. The van der Waals surface area contributed by atoms with E-state index in [0.29, 0.717) is 9.70 Å². The van der Waals surface area contributed by atoms with E-state index in [2.05, 4.69) is 9.84 Å². The molecule has 0 aliphatic heterocycles. The summed E-state index contributed by atoms with van der Waals surface area (Å²) in [5, 5.41) is 4.02. The molecule has 1 heterocycles. The van der Waals surface area contributed by atoms with Crippen molar-refractivity contribution in [2.45, 2.75) is 13.1 Å². The molecular formula is C13H10ClF3N2O2. The molecule has 0 amide bonds. The van der Waals surface area contributed by atoms with Gasteiger partial charge in [-0.2, -0.15) is 18.3 Å². The number of nitrogens with zero attached hydrogens (tertiary/aromatic N) is 2. The number of carbonyl (C=O) groups excluding carboxylic acids is 1. The van der Waals surface area contributed by atoms with Crippen LogP contribution in [0.3, 0.4) is 0 Å². The van der Waals surface area contributed by atoms with Crippen LogP contribution in [0.15, 0.2) is 30.5 Å². The Bertz CT molecular complexity index is 650. The van der Waals surface area contributed by atoms with Gasteiger partial charge in [0.1, 0.15) is 5.56 Å². The van der Waals surface area contributed by atoms with Crippen LogP contribution in [0.25, 0.3) is 5.69 Å². The third kappa shape index (κ3) is 3.18. The van der Waals surface area contributed by atoms with Crippen molar-refractivity contribution in [2.75, 3.05) is 6.61 Å². The molecule has 0 aliphatic rings. The van der Waals surface area contributed by atoms with E-state index in [1.165, 1.54) is 31.2 Å². The van der Waals surface area contributed by atoms with Gasteiger partial charge in [0.25, 0.3) is 0 Å². The van der Waals surface area contributed by atoms with Gasteiger partial charge in [-0.05, 0) is 31.2 Å². The van der Waals surface area contributed by atoms with Gasteiger partial charge in [-0.1, -0.05) is 11.6 Å². The third-order valence-corrected chi connectivity index (χ3v) is 2.86. The van der Waals surface area contributed by atoms with Crippen LogP contribution < -0.4 is 0 Å². The van der Waals surface area contributed by atoms with Crippen molar-refractivity contribution in [3.63, 3.8) is 0 Å². The molecule has 0 radical (unpaired) electrons. The standard InChI is InChI=1S/C13H10ClF3N2O2/c1-2-21-12(20)10-7-18-19(11(10)13(15,16)17)9-5-3-8(14)4-6-9/h3-7H,2H2,1H3. The molecule has 0 spiro atoms. The Morgan fingerprint density at radius 2 is 1.95 bits per heavy atom. The quantitative estimate of drug-likeness (QED) is 0.810. The lowest BCUT2D eigenvalue weighted by Crippen LogP contribution is -2.18. The van der Waals surface area contributed by atoms with Gasteiger partial charge in [0.05, 0.1) is 18.5 Å². The van der Waals surface area contributed by atoms with Gasteiger partial charge in [0.2, 0.25) is 0 Å². The molecule has 0 saturated carbocycles. The molecule has 1 aromatic carbocycles. The van der Waals surface area contributed by atoms with Crippen LogP contribution in [0.5, 0.6) is 0 Å². The Morgan fingerprint density at radius 1 is 1.33 bits per heavy atom. The summed E-state index contributed by atoms with van der Waals surface area (Å²) < 4.78 is 44.9. The molecule has 8 heteroatoms. The summed E-state index contributed by atoms with van der Waals surface area (Å²) in [6.45, 7) is 1.48. The minimum absolute atomic E-state index is 0.0255. The van der Waals surface area contributed by atoms with Gasteiger partial charge in [-0.25, -0.2) is 9.48 Å². The van der Waals surface area contributed by atoms with Crippen molar-refractivity contribution < 1.29 is 22.7 Å². The van der Waals surface area contributed by atoms with E-state index >= 15 is 0 Å². The summed E-state index contributed by atoms with van der Waals surface area (Å²) >= 11 is 5.70. The summed E-state index contributed by atoms with van der Waals surface area (Å²) in [7, 11) is 0. The molecule has 0 fully saturated rings. The first kappa shape index (κ1) is 15.4. The maximum atomic E-state index is 13.2. The smallest absolute Gasteiger partial charge is 0.434 e. The van der Waals surface area contributed by atoms with Gasteiger partial charge in [0, 0.05) is 5.02 Å². The number of rotatable bonds is 3. The van der Waals surface area contributed by atoms with Gasteiger partial charge < -0.3 is 4.74 Å². The number of benzene rings is 1. The van der Waals surface area contributed by atoms with Crippen LogP contribution >= 0.6 is 11.6 Å². The van der Waals surface area contributed by atoms with Crippen LogP contribution in [-0.4, -0.2) is 22.4 Å². The topological polar surface area (TPSA) is 44.1 Å². The maximum absolute atomic E-state index is 13.2. The average molecular weight is 319 g/mol. The summed E-state index contributed by atoms with van der Waals surface area (Å²) in [6.07, 6.45) is -3.91. The van der Waals surface area contributed by atoms with E-state index in [1.54, 1.807) is 0 Å². The molecule has 1 aromatic heterocycles. The Hall–Kier alpha value is -2.02. The molecule has 112 valence electrons. The lowest BCUT2D eigenvalue weighted by molar-refractivity contribution is -0.143. The zero-order valence-corrected chi connectivity index (χ0v) is 11.6. The first-order valence-corrected chi connectivity index (χ1v) is 6.30. The number of alkyl halides is 3. The predicted octanol–water partition coefficient (Wildman–Crippen LogP) is 3.72. The minimum atomic E-state index is -4.75. The van der Waals surface area contributed by atoms with Gasteiger partial charge in [-0.15, -0.1) is 0 Å². The number of ether oxygens (including phenoxy) is 1. The molecule has 0 saturated heterocycles. The fourth-order valence-electron chi connectivity index (χ4n) is 1.76. The molecule has 4 nitrogen and oxygen atoms in total.